The summed E-state index contributed by atoms with van der Waals surface area (Å²) in [4.78, 5) is 14.3. The molecular formula is C6H10O4. The second-order valence-electron chi connectivity index (χ2n) is 2.67. The normalized spacial score (nSPS) is 21.4. The molecule has 0 unspecified atom stereocenters. The molecule has 0 bridgehead atoms. The SMILES string of the molecule is O=C(OO)C1(CO)CCC1. The Labute approximate surface area is 58.4 Å². The van der Waals surface area contributed by atoms with E-state index in [-0.39, 0.29) is 6.61 Å². The minimum atomic E-state index is -0.783. The highest BCUT2D eigenvalue weighted by molar-refractivity contribution is 5.77. The first-order valence-electron chi connectivity index (χ1n) is 3.22. The summed E-state index contributed by atoms with van der Waals surface area (Å²) in [5.74, 6) is -0.707. The van der Waals surface area contributed by atoms with E-state index in [4.69, 9.17) is 10.4 Å². The first-order chi connectivity index (χ1) is 4.75. The van der Waals surface area contributed by atoms with Crippen LogP contribution in [0, 0.1) is 5.41 Å². The Morgan fingerprint density at radius 1 is 1.60 bits per heavy atom. The van der Waals surface area contributed by atoms with E-state index in [2.05, 4.69) is 4.89 Å². The van der Waals surface area contributed by atoms with Crippen molar-refractivity contribution in [1.82, 2.24) is 0 Å². The van der Waals surface area contributed by atoms with Crippen LogP contribution in [0.3, 0.4) is 0 Å². The van der Waals surface area contributed by atoms with E-state index in [1.54, 1.807) is 0 Å². The molecule has 58 valence electrons. The Bertz CT molecular complexity index is 133. The van der Waals surface area contributed by atoms with Gasteiger partial charge in [0, 0.05) is 0 Å². The lowest BCUT2D eigenvalue weighted by Crippen LogP contribution is -2.42. The molecule has 1 aliphatic rings. The van der Waals surface area contributed by atoms with Gasteiger partial charge in [0.2, 0.25) is 0 Å². The number of aliphatic hydroxyl groups is 1. The predicted octanol–water partition coefficient (Wildman–Crippen LogP) is 0.165. The second-order valence-corrected chi connectivity index (χ2v) is 2.67. The Morgan fingerprint density at radius 3 is 2.30 bits per heavy atom. The lowest BCUT2D eigenvalue weighted by atomic mass is 9.69. The van der Waals surface area contributed by atoms with Crippen molar-refractivity contribution in [2.24, 2.45) is 5.41 Å². The molecule has 0 atom stereocenters. The first kappa shape index (κ1) is 7.50. The lowest BCUT2D eigenvalue weighted by molar-refractivity contribution is -0.252. The summed E-state index contributed by atoms with van der Waals surface area (Å²) < 4.78 is 0. The van der Waals surface area contributed by atoms with Gasteiger partial charge in [-0.25, -0.2) is 4.79 Å². The maximum atomic E-state index is 10.7. The number of rotatable bonds is 2. The Balaban J connectivity index is 2.55. The molecule has 2 N–H and O–H groups in total. The van der Waals surface area contributed by atoms with E-state index in [0.717, 1.165) is 6.42 Å². The third kappa shape index (κ3) is 0.892. The van der Waals surface area contributed by atoms with Crippen LogP contribution in [0.2, 0.25) is 0 Å². The average Bonchev–Trinajstić information content (AvgIpc) is 1.86. The lowest BCUT2D eigenvalue weighted by Gasteiger charge is -2.35. The van der Waals surface area contributed by atoms with Gasteiger partial charge in [-0.05, 0) is 12.8 Å². The van der Waals surface area contributed by atoms with Crippen molar-refractivity contribution in [1.29, 1.82) is 0 Å². The monoisotopic (exact) mass is 146 g/mol. The molecule has 0 heterocycles. The van der Waals surface area contributed by atoms with Crippen molar-refractivity contribution in [3.63, 3.8) is 0 Å². The van der Waals surface area contributed by atoms with Gasteiger partial charge in [0.15, 0.2) is 0 Å². The highest BCUT2D eigenvalue weighted by Gasteiger charge is 2.45. The molecule has 1 rings (SSSR count). The van der Waals surface area contributed by atoms with Gasteiger partial charge in [0.25, 0.3) is 0 Å². The molecule has 0 aliphatic heterocycles. The van der Waals surface area contributed by atoms with Crippen molar-refractivity contribution in [2.75, 3.05) is 6.61 Å². The first-order valence-corrected chi connectivity index (χ1v) is 3.22. The zero-order valence-corrected chi connectivity index (χ0v) is 5.54. The summed E-state index contributed by atoms with van der Waals surface area (Å²) in [6, 6.07) is 0. The van der Waals surface area contributed by atoms with Crippen LogP contribution in [-0.2, 0) is 9.68 Å². The van der Waals surface area contributed by atoms with Gasteiger partial charge in [-0.15, -0.1) is 0 Å². The topological polar surface area (TPSA) is 66.8 Å². The third-order valence-electron chi connectivity index (χ3n) is 2.13. The number of carbonyl (C=O) groups is 1. The summed E-state index contributed by atoms with van der Waals surface area (Å²) in [6.45, 7) is -0.230. The molecule has 0 amide bonds. The molecule has 0 aromatic rings. The molecule has 1 aliphatic carbocycles. The Morgan fingerprint density at radius 2 is 2.20 bits per heavy atom. The zero-order valence-electron chi connectivity index (χ0n) is 5.54. The van der Waals surface area contributed by atoms with Crippen molar-refractivity contribution >= 4 is 5.97 Å². The van der Waals surface area contributed by atoms with Gasteiger partial charge in [-0.2, -0.15) is 5.26 Å². The van der Waals surface area contributed by atoms with Crippen LogP contribution < -0.4 is 0 Å². The van der Waals surface area contributed by atoms with Crippen LogP contribution in [0.25, 0.3) is 0 Å². The average molecular weight is 146 g/mol. The van der Waals surface area contributed by atoms with E-state index < -0.39 is 11.4 Å². The van der Waals surface area contributed by atoms with Gasteiger partial charge < -0.3 is 9.99 Å². The summed E-state index contributed by atoms with van der Waals surface area (Å²) >= 11 is 0. The Hall–Kier alpha value is -0.610. The van der Waals surface area contributed by atoms with Crippen LogP contribution >= 0.6 is 0 Å². The molecule has 0 radical (unpaired) electrons. The molecule has 10 heavy (non-hydrogen) atoms. The van der Waals surface area contributed by atoms with Crippen LogP contribution in [0.5, 0.6) is 0 Å². The molecular weight excluding hydrogens is 136 g/mol. The molecule has 0 spiro atoms. The Kier molecular flexibility index (Phi) is 1.92. The van der Waals surface area contributed by atoms with Crippen LogP contribution in [0.4, 0.5) is 0 Å². The predicted molar refractivity (Wildman–Crippen MR) is 32.1 cm³/mol. The molecule has 4 nitrogen and oxygen atoms in total. The molecule has 0 aromatic carbocycles. The molecule has 1 saturated carbocycles. The van der Waals surface area contributed by atoms with Gasteiger partial charge in [0.1, 0.15) is 0 Å². The molecule has 1 fully saturated rings. The van der Waals surface area contributed by atoms with E-state index in [1.165, 1.54) is 0 Å². The van der Waals surface area contributed by atoms with Crippen molar-refractivity contribution in [3.05, 3.63) is 0 Å². The van der Waals surface area contributed by atoms with Crippen molar-refractivity contribution < 1.29 is 20.0 Å². The van der Waals surface area contributed by atoms with Crippen molar-refractivity contribution in [2.45, 2.75) is 19.3 Å². The van der Waals surface area contributed by atoms with E-state index >= 15 is 0 Å². The fraction of sp³-hybridized carbons (Fsp3) is 0.833. The number of carbonyl (C=O) groups excluding carboxylic acids is 1. The zero-order chi connectivity index (χ0) is 7.61. The fourth-order valence-corrected chi connectivity index (χ4v) is 1.13. The van der Waals surface area contributed by atoms with Crippen LogP contribution in [0.1, 0.15) is 19.3 Å². The van der Waals surface area contributed by atoms with Crippen LogP contribution in [-0.4, -0.2) is 22.9 Å². The van der Waals surface area contributed by atoms with E-state index in [9.17, 15) is 4.79 Å². The fourth-order valence-electron chi connectivity index (χ4n) is 1.13. The molecule has 0 saturated heterocycles. The van der Waals surface area contributed by atoms with Crippen molar-refractivity contribution in [3.8, 4) is 0 Å². The highest BCUT2D eigenvalue weighted by Crippen LogP contribution is 2.41. The van der Waals surface area contributed by atoms with Gasteiger partial charge in [-0.1, -0.05) is 6.42 Å². The van der Waals surface area contributed by atoms with Gasteiger partial charge in [0.05, 0.1) is 12.0 Å². The number of aliphatic hydroxyl groups excluding tert-OH is 1. The molecule has 0 aromatic heterocycles. The largest absolute Gasteiger partial charge is 0.395 e. The quantitative estimate of drug-likeness (QED) is 0.430. The number of hydrogen-bond acceptors (Lipinski definition) is 4. The maximum absolute atomic E-state index is 10.7. The maximum Gasteiger partial charge on any atom is 0.350 e. The standard InChI is InChI=1S/C6H10O4/c7-4-6(2-1-3-6)5(8)10-9/h7,9H,1-4H2. The highest BCUT2D eigenvalue weighted by atomic mass is 17.1. The summed E-state index contributed by atoms with van der Waals surface area (Å²) in [5.41, 5.74) is -0.783. The summed E-state index contributed by atoms with van der Waals surface area (Å²) in [6.07, 6.45) is 2.14. The summed E-state index contributed by atoms with van der Waals surface area (Å²) in [7, 11) is 0. The van der Waals surface area contributed by atoms with E-state index in [0.29, 0.717) is 12.8 Å². The van der Waals surface area contributed by atoms with Gasteiger partial charge in [-0.3, -0.25) is 0 Å². The minimum absolute atomic E-state index is 0.230. The second kappa shape index (κ2) is 2.56. The minimum Gasteiger partial charge on any atom is -0.395 e. The third-order valence-corrected chi connectivity index (χ3v) is 2.13. The van der Waals surface area contributed by atoms with Gasteiger partial charge >= 0.3 is 5.97 Å². The van der Waals surface area contributed by atoms with E-state index in [1.807, 2.05) is 0 Å². The number of hydrogen-bond donors (Lipinski definition) is 2. The van der Waals surface area contributed by atoms with Crippen LogP contribution in [0.15, 0.2) is 0 Å². The summed E-state index contributed by atoms with van der Waals surface area (Å²) in [5, 5.41) is 16.7. The molecule has 4 heteroatoms. The smallest absolute Gasteiger partial charge is 0.350 e.